The van der Waals surface area contributed by atoms with Gasteiger partial charge in [-0.05, 0) is 24.3 Å². The lowest BCUT2D eigenvalue weighted by atomic mass is 10.2. The van der Waals surface area contributed by atoms with E-state index < -0.39 is 16.0 Å². The van der Waals surface area contributed by atoms with Gasteiger partial charge in [0, 0.05) is 18.9 Å². The molecule has 0 bridgehead atoms. The number of benzene rings is 1. The first kappa shape index (κ1) is 15.0. The van der Waals surface area contributed by atoms with Crippen LogP contribution in [0.4, 0.5) is 5.69 Å². The van der Waals surface area contributed by atoms with Crippen LogP contribution in [-0.4, -0.2) is 29.3 Å². The Morgan fingerprint density at radius 1 is 1.43 bits per heavy atom. The molecule has 2 rings (SSSR count). The molecule has 0 fully saturated rings. The topological polar surface area (TPSA) is 127 Å². The molecule has 112 valence electrons. The van der Waals surface area contributed by atoms with Gasteiger partial charge in [-0.1, -0.05) is 0 Å². The maximum Gasteiger partial charge on any atom is 0.337 e. The molecule has 0 aliphatic carbocycles. The highest BCUT2D eigenvalue weighted by atomic mass is 32.2. The molecule has 0 spiro atoms. The van der Waals surface area contributed by atoms with E-state index in [9.17, 15) is 13.2 Å². The van der Waals surface area contributed by atoms with E-state index in [1.165, 1.54) is 23.0 Å². The molecule has 0 unspecified atom stereocenters. The smallest absolute Gasteiger partial charge is 0.337 e. The Hall–Kier alpha value is -2.39. The van der Waals surface area contributed by atoms with E-state index >= 15 is 0 Å². The molecule has 1 aromatic carbocycles. The van der Waals surface area contributed by atoms with Crippen molar-refractivity contribution in [3.05, 3.63) is 41.7 Å². The van der Waals surface area contributed by atoms with Gasteiger partial charge in [0.2, 0.25) is 10.0 Å². The number of nitrogen functional groups attached to an aromatic ring is 1. The average molecular weight is 310 g/mol. The van der Waals surface area contributed by atoms with Gasteiger partial charge in [-0.3, -0.25) is 4.68 Å². The maximum atomic E-state index is 12.2. The molecular weight excluding hydrogens is 296 g/mol. The summed E-state index contributed by atoms with van der Waals surface area (Å²) in [6.45, 7) is 0.00225. The molecule has 0 radical (unpaired) electrons. The molecule has 1 aromatic heterocycles. The van der Waals surface area contributed by atoms with Crippen LogP contribution in [0.15, 0.2) is 35.4 Å². The van der Waals surface area contributed by atoms with Crippen molar-refractivity contribution < 1.29 is 18.3 Å². The van der Waals surface area contributed by atoms with Gasteiger partial charge in [0.1, 0.15) is 0 Å². The first-order valence-corrected chi connectivity index (χ1v) is 7.39. The van der Waals surface area contributed by atoms with Crippen molar-refractivity contribution >= 4 is 21.7 Å². The van der Waals surface area contributed by atoms with Crippen LogP contribution in [0.2, 0.25) is 0 Å². The first-order valence-electron chi connectivity index (χ1n) is 5.90. The van der Waals surface area contributed by atoms with E-state index in [4.69, 9.17) is 10.8 Å². The minimum Gasteiger partial charge on any atom is -0.478 e. The summed E-state index contributed by atoms with van der Waals surface area (Å²) < 4.78 is 28.3. The molecule has 8 nitrogen and oxygen atoms in total. The molecule has 0 saturated carbocycles. The quantitative estimate of drug-likeness (QED) is 0.676. The monoisotopic (exact) mass is 310 g/mol. The number of anilines is 1. The molecule has 0 amide bonds. The Morgan fingerprint density at radius 3 is 2.71 bits per heavy atom. The predicted octanol–water partition coefficient (Wildman–Crippen LogP) is 0.179. The zero-order valence-electron chi connectivity index (χ0n) is 11.1. The summed E-state index contributed by atoms with van der Waals surface area (Å²) in [6.07, 6.45) is 1.54. The van der Waals surface area contributed by atoms with Crippen LogP contribution in [0, 0.1) is 0 Å². The fourth-order valence-electron chi connectivity index (χ4n) is 1.77. The van der Waals surface area contributed by atoms with Crippen molar-refractivity contribution in [3.8, 4) is 0 Å². The maximum absolute atomic E-state index is 12.2. The number of nitrogens with two attached hydrogens (primary N) is 1. The van der Waals surface area contributed by atoms with E-state index in [1.807, 2.05) is 0 Å². The van der Waals surface area contributed by atoms with Crippen molar-refractivity contribution in [3.63, 3.8) is 0 Å². The molecule has 0 aliphatic rings. The van der Waals surface area contributed by atoms with E-state index in [-0.39, 0.29) is 22.7 Å². The van der Waals surface area contributed by atoms with Crippen LogP contribution < -0.4 is 10.5 Å². The second kappa shape index (κ2) is 5.54. The molecule has 1 heterocycles. The van der Waals surface area contributed by atoms with Gasteiger partial charge in [0.25, 0.3) is 0 Å². The summed E-state index contributed by atoms with van der Waals surface area (Å²) in [4.78, 5) is 10.8. The summed E-state index contributed by atoms with van der Waals surface area (Å²) in [5, 5.41) is 13.0. The van der Waals surface area contributed by atoms with Gasteiger partial charge >= 0.3 is 5.97 Å². The first-order chi connectivity index (χ1) is 9.81. The van der Waals surface area contributed by atoms with Crippen molar-refractivity contribution in [2.24, 2.45) is 7.05 Å². The minimum absolute atomic E-state index is 0.00225. The lowest BCUT2D eigenvalue weighted by molar-refractivity contribution is 0.0692. The van der Waals surface area contributed by atoms with E-state index in [2.05, 4.69) is 9.82 Å². The largest absolute Gasteiger partial charge is 0.478 e. The number of aromatic nitrogens is 2. The summed E-state index contributed by atoms with van der Waals surface area (Å²) in [7, 11) is -2.30. The number of nitrogens with one attached hydrogen (secondary N) is 1. The Bertz CT molecular complexity index is 782. The van der Waals surface area contributed by atoms with Gasteiger partial charge in [0.05, 0.1) is 22.7 Å². The van der Waals surface area contributed by atoms with E-state index in [0.29, 0.717) is 5.69 Å². The second-order valence-electron chi connectivity index (χ2n) is 4.33. The molecule has 0 aliphatic heterocycles. The SMILES string of the molecule is Cn1nccc1CNS(=O)(=O)c1ccc(N)cc1C(=O)O. The Morgan fingerprint density at radius 2 is 2.14 bits per heavy atom. The van der Waals surface area contributed by atoms with Gasteiger partial charge in [0.15, 0.2) is 0 Å². The highest BCUT2D eigenvalue weighted by Crippen LogP contribution is 2.19. The van der Waals surface area contributed by atoms with Crippen LogP contribution >= 0.6 is 0 Å². The lowest BCUT2D eigenvalue weighted by Crippen LogP contribution is -2.26. The number of aryl methyl sites for hydroxylation is 1. The fraction of sp³-hybridized carbons (Fsp3) is 0.167. The number of carboxylic acid groups (broad SMARTS) is 1. The lowest BCUT2D eigenvalue weighted by Gasteiger charge is -2.10. The van der Waals surface area contributed by atoms with Gasteiger partial charge in [-0.25, -0.2) is 17.9 Å². The Balaban J connectivity index is 2.32. The molecule has 9 heteroatoms. The van der Waals surface area contributed by atoms with Crippen molar-refractivity contribution in [2.75, 3.05) is 5.73 Å². The number of rotatable bonds is 5. The third-order valence-electron chi connectivity index (χ3n) is 2.89. The summed E-state index contributed by atoms with van der Waals surface area (Å²) in [6, 6.07) is 5.28. The number of carbonyl (C=O) groups is 1. The number of hydrogen-bond donors (Lipinski definition) is 3. The third kappa shape index (κ3) is 3.20. The molecular formula is C12H14N4O4S. The van der Waals surface area contributed by atoms with Crippen LogP contribution in [-0.2, 0) is 23.6 Å². The second-order valence-corrected chi connectivity index (χ2v) is 6.07. The Kier molecular flexibility index (Phi) is 3.96. The van der Waals surface area contributed by atoms with Crippen molar-refractivity contribution in [2.45, 2.75) is 11.4 Å². The Labute approximate surface area is 121 Å². The average Bonchev–Trinajstić information content (AvgIpc) is 2.81. The third-order valence-corrected chi connectivity index (χ3v) is 4.35. The van der Waals surface area contributed by atoms with Crippen LogP contribution in [0.5, 0.6) is 0 Å². The molecule has 0 saturated heterocycles. The summed E-state index contributed by atoms with van der Waals surface area (Å²) in [5.41, 5.74) is 5.94. The van der Waals surface area contributed by atoms with Gasteiger partial charge in [-0.15, -0.1) is 0 Å². The predicted molar refractivity (Wildman–Crippen MR) is 75.0 cm³/mol. The summed E-state index contributed by atoms with van der Waals surface area (Å²) in [5.74, 6) is -1.36. The minimum atomic E-state index is -3.97. The zero-order chi connectivity index (χ0) is 15.6. The van der Waals surface area contributed by atoms with Crippen molar-refractivity contribution in [1.29, 1.82) is 0 Å². The standard InChI is InChI=1S/C12H14N4O4S/c1-16-9(4-5-14-16)7-15-21(19,20)11-3-2-8(13)6-10(11)12(17)18/h2-6,15H,7,13H2,1H3,(H,17,18). The zero-order valence-corrected chi connectivity index (χ0v) is 12.0. The fourth-order valence-corrected chi connectivity index (χ4v) is 2.95. The number of hydrogen-bond acceptors (Lipinski definition) is 5. The molecule has 2 aromatic rings. The molecule has 0 atom stereocenters. The summed E-state index contributed by atoms with van der Waals surface area (Å²) >= 11 is 0. The highest BCUT2D eigenvalue weighted by molar-refractivity contribution is 7.89. The number of carboxylic acids is 1. The number of aromatic carboxylic acids is 1. The normalized spacial score (nSPS) is 11.5. The van der Waals surface area contributed by atoms with Crippen LogP contribution in [0.1, 0.15) is 16.1 Å². The van der Waals surface area contributed by atoms with Crippen molar-refractivity contribution in [1.82, 2.24) is 14.5 Å². The highest BCUT2D eigenvalue weighted by Gasteiger charge is 2.22. The van der Waals surface area contributed by atoms with Crippen LogP contribution in [0.3, 0.4) is 0 Å². The number of nitrogens with zero attached hydrogens (tertiary/aromatic N) is 2. The number of sulfonamides is 1. The van der Waals surface area contributed by atoms with Crippen LogP contribution in [0.25, 0.3) is 0 Å². The van der Waals surface area contributed by atoms with Gasteiger partial charge < -0.3 is 10.8 Å². The van der Waals surface area contributed by atoms with E-state index in [0.717, 1.165) is 6.07 Å². The van der Waals surface area contributed by atoms with E-state index in [1.54, 1.807) is 13.1 Å². The molecule has 4 N–H and O–H groups in total. The van der Waals surface area contributed by atoms with Gasteiger partial charge in [-0.2, -0.15) is 5.10 Å². The molecule has 21 heavy (non-hydrogen) atoms.